The molecule has 1 N–H and O–H groups in total. The minimum atomic E-state index is -2.67. The van der Waals surface area contributed by atoms with Crippen LogP contribution in [-0.2, 0) is 4.79 Å². The molecule has 3 aliphatic heterocycles. The van der Waals surface area contributed by atoms with Crippen molar-refractivity contribution in [3.63, 3.8) is 0 Å². The number of alkyl halides is 2. The highest BCUT2D eigenvalue weighted by Gasteiger charge is 2.55. The lowest BCUT2D eigenvalue weighted by Gasteiger charge is -2.54. The number of piperidine rings is 1. The Balaban J connectivity index is 1.10. The summed E-state index contributed by atoms with van der Waals surface area (Å²) in [7, 11) is 0. The second-order valence-corrected chi connectivity index (χ2v) is 12.8. The topological polar surface area (TPSA) is 104 Å². The second kappa shape index (κ2) is 11.2. The molecule has 1 aromatic heterocycles. The van der Waals surface area contributed by atoms with Gasteiger partial charge in [-0.1, -0.05) is 0 Å². The SMILES string of the molecule is CCN(C(=O)c1cc(F)ccc1Oc1nncnc1N1CC2(CCN(C(=O)C3NC[C@H]4CC(F)(F)C[C@@H]34)CC2)C1)C(C)C. The number of aromatic nitrogens is 3. The molecule has 2 amide bonds. The molecule has 1 aliphatic carbocycles. The number of hydrogen-bond donors (Lipinski definition) is 1. The Hall–Kier alpha value is -3.48. The molecule has 3 saturated heterocycles. The highest BCUT2D eigenvalue weighted by molar-refractivity contribution is 5.97. The zero-order valence-corrected chi connectivity index (χ0v) is 24.7. The zero-order chi connectivity index (χ0) is 30.5. The van der Waals surface area contributed by atoms with Crippen molar-refractivity contribution in [2.24, 2.45) is 17.3 Å². The van der Waals surface area contributed by atoms with Gasteiger partial charge in [0, 0.05) is 57.0 Å². The van der Waals surface area contributed by atoms with Gasteiger partial charge < -0.3 is 24.8 Å². The van der Waals surface area contributed by atoms with Crippen molar-refractivity contribution in [1.82, 2.24) is 30.3 Å². The molecule has 0 radical (unpaired) electrons. The van der Waals surface area contributed by atoms with Crippen LogP contribution in [0.4, 0.5) is 19.0 Å². The van der Waals surface area contributed by atoms with Gasteiger partial charge in [-0.2, -0.15) is 0 Å². The average molecular weight is 602 g/mol. The lowest BCUT2D eigenvalue weighted by Crippen LogP contribution is -2.62. The average Bonchev–Trinajstić information content (AvgIpc) is 3.47. The van der Waals surface area contributed by atoms with E-state index in [0.717, 1.165) is 12.8 Å². The van der Waals surface area contributed by atoms with E-state index in [-0.39, 0.29) is 65.1 Å². The van der Waals surface area contributed by atoms with E-state index in [2.05, 4.69) is 20.5 Å². The molecule has 13 heteroatoms. The van der Waals surface area contributed by atoms with Crippen LogP contribution in [-0.4, -0.2) is 94.1 Å². The maximum Gasteiger partial charge on any atom is 0.282 e. The summed E-state index contributed by atoms with van der Waals surface area (Å²) in [5.74, 6) is -3.30. The summed E-state index contributed by atoms with van der Waals surface area (Å²) in [5, 5.41) is 11.2. The minimum Gasteiger partial charge on any atom is -0.434 e. The number of benzene rings is 1. The Morgan fingerprint density at radius 2 is 1.93 bits per heavy atom. The number of amides is 2. The third-order valence-electron chi connectivity index (χ3n) is 9.66. The number of hydrogen-bond acceptors (Lipinski definition) is 8. The van der Waals surface area contributed by atoms with E-state index in [4.69, 9.17) is 4.74 Å². The zero-order valence-electron chi connectivity index (χ0n) is 24.7. The van der Waals surface area contributed by atoms with Crippen molar-refractivity contribution < 1.29 is 27.5 Å². The number of rotatable bonds is 7. The number of nitrogens with one attached hydrogen (secondary N) is 1. The predicted molar refractivity (Wildman–Crippen MR) is 152 cm³/mol. The van der Waals surface area contributed by atoms with Gasteiger partial charge in [-0.05, 0) is 70.2 Å². The summed E-state index contributed by atoms with van der Waals surface area (Å²) in [5.41, 5.74) is 0.0784. The number of ether oxygens (including phenoxy) is 1. The number of carbonyl (C=O) groups excluding carboxylic acids is 2. The van der Waals surface area contributed by atoms with Crippen LogP contribution in [0, 0.1) is 23.1 Å². The van der Waals surface area contributed by atoms with Crippen LogP contribution in [0.25, 0.3) is 0 Å². The Labute approximate surface area is 249 Å². The molecule has 4 heterocycles. The van der Waals surface area contributed by atoms with E-state index in [1.54, 1.807) is 4.90 Å². The van der Waals surface area contributed by atoms with E-state index < -0.39 is 17.8 Å². The summed E-state index contributed by atoms with van der Waals surface area (Å²) < 4.78 is 48.2. The number of anilines is 1. The smallest absolute Gasteiger partial charge is 0.282 e. The normalized spacial score (nSPS) is 25.5. The first-order valence-electron chi connectivity index (χ1n) is 15.1. The van der Waals surface area contributed by atoms with Crippen molar-refractivity contribution in [1.29, 1.82) is 0 Å². The van der Waals surface area contributed by atoms with Gasteiger partial charge in [0.25, 0.3) is 11.8 Å². The van der Waals surface area contributed by atoms with E-state index >= 15 is 0 Å². The molecule has 10 nitrogen and oxygen atoms in total. The molecular formula is C30H38F3N7O3. The summed E-state index contributed by atoms with van der Waals surface area (Å²) in [6, 6.07) is 3.20. The van der Waals surface area contributed by atoms with Crippen molar-refractivity contribution in [2.75, 3.05) is 44.2 Å². The minimum absolute atomic E-state index is 0.0130. The molecule has 4 aliphatic rings. The van der Waals surface area contributed by atoms with Gasteiger partial charge in [-0.3, -0.25) is 9.59 Å². The molecule has 2 aromatic rings. The molecule has 43 heavy (non-hydrogen) atoms. The molecule has 1 saturated carbocycles. The van der Waals surface area contributed by atoms with E-state index in [0.29, 0.717) is 45.1 Å². The molecule has 3 atom stereocenters. The van der Waals surface area contributed by atoms with Crippen LogP contribution in [0.1, 0.15) is 56.8 Å². The fourth-order valence-corrected chi connectivity index (χ4v) is 7.37. The third-order valence-corrected chi connectivity index (χ3v) is 9.66. The molecular weight excluding hydrogens is 563 g/mol. The van der Waals surface area contributed by atoms with Gasteiger partial charge in [0.15, 0.2) is 5.82 Å². The summed E-state index contributed by atoms with van der Waals surface area (Å²) in [4.78, 5) is 36.4. The molecule has 232 valence electrons. The van der Waals surface area contributed by atoms with Crippen LogP contribution < -0.4 is 15.0 Å². The number of fused-ring (bicyclic) bond motifs is 1. The highest BCUT2D eigenvalue weighted by Crippen LogP contribution is 2.48. The van der Waals surface area contributed by atoms with Gasteiger partial charge in [0.2, 0.25) is 11.8 Å². The lowest BCUT2D eigenvalue weighted by atomic mass is 9.72. The predicted octanol–water partition coefficient (Wildman–Crippen LogP) is 3.74. The first-order valence-corrected chi connectivity index (χ1v) is 15.1. The van der Waals surface area contributed by atoms with Crippen molar-refractivity contribution in [2.45, 2.75) is 64.5 Å². The van der Waals surface area contributed by atoms with Gasteiger partial charge >= 0.3 is 0 Å². The molecule has 6 rings (SSSR count). The van der Waals surface area contributed by atoms with Crippen LogP contribution in [0.2, 0.25) is 0 Å². The fraction of sp³-hybridized carbons (Fsp3) is 0.633. The Morgan fingerprint density at radius 1 is 1.19 bits per heavy atom. The molecule has 1 aromatic carbocycles. The summed E-state index contributed by atoms with van der Waals surface area (Å²) in [6.07, 6.45) is 2.56. The first-order chi connectivity index (χ1) is 20.5. The van der Waals surface area contributed by atoms with Gasteiger partial charge in [-0.15, -0.1) is 10.2 Å². The van der Waals surface area contributed by atoms with Crippen LogP contribution in [0.15, 0.2) is 24.5 Å². The maximum absolute atomic E-state index is 14.2. The number of nitrogens with zero attached hydrogens (tertiary/aromatic N) is 6. The quantitative estimate of drug-likeness (QED) is 0.512. The van der Waals surface area contributed by atoms with E-state index in [1.165, 1.54) is 24.5 Å². The first kappa shape index (κ1) is 29.6. The highest BCUT2D eigenvalue weighted by atomic mass is 19.3. The van der Waals surface area contributed by atoms with Crippen molar-refractivity contribution >= 4 is 17.6 Å². The van der Waals surface area contributed by atoms with Gasteiger partial charge in [-0.25, -0.2) is 18.2 Å². The van der Waals surface area contributed by atoms with Crippen LogP contribution in [0.3, 0.4) is 0 Å². The van der Waals surface area contributed by atoms with Crippen LogP contribution in [0.5, 0.6) is 11.6 Å². The van der Waals surface area contributed by atoms with E-state index in [1.807, 2.05) is 30.6 Å². The Morgan fingerprint density at radius 3 is 2.63 bits per heavy atom. The van der Waals surface area contributed by atoms with Gasteiger partial charge in [0.05, 0.1) is 11.6 Å². The largest absolute Gasteiger partial charge is 0.434 e. The number of carbonyl (C=O) groups is 2. The van der Waals surface area contributed by atoms with Gasteiger partial charge in [0.1, 0.15) is 17.9 Å². The van der Waals surface area contributed by atoms with Crippen molar-refractivity contribution in [3.8, 4) is 11.6 Å². The standard InChI is InChI=1S/C30H38F3N7O3/c1-4-40(18(2)3)27(41)21-11-20(31)5-6-23(21)43-26-25(35-17-36-37-26)39-15-29(16-39)7-9-38(10-8-29)28(42)24-22-13-30(32,33)12-19(22)14-34-24/h5-6,11,17-19,22,24,34H,4,7-10,12-16H2,1-3H3/t19-,22-,24?/m1/s1. The Kier molecular flexibility index (Phi) is 7.72. The number of halogens is 3. The summed E-state index contributed by atoms with van der Waals surface area (Å²) in [6.45, 7) is 9.08. The third kappa shape index (κ3) is 5.63. The monoisotopic (exact) mass is 601 g/mol. The summed E-state index contributed by atoms with van der Waals surface area (Å²) >= 11 is 0. The molecule has 0 bridgehead atoms. The molecule has 1 spiro atoms. The van der Waals surface area contributed by atoms with Crippen LogP contribution >= 0.6 is 0 Å². The second-order valence-electron chi connectivity index (χ2n) is 12.8. The fourth-order valence-electron chi connectivity index (χ4n) is 7.37. The van der Waals surface area contributed by atoms with Crippen molar-refractivity contribution in [3.05, 3.63) is 35.9 Å². The lowest BCUT2D eigenvalue weighted by molar-refractivity contribution is -0.137. The maximum atomic E-state index is 14.2. The number of likely N-dealkylation sites (tertiary alicyclic amines) is 1. The Bertz CT molecular complexity index is 1380. The van der Waals surface area contributed by atoms with E-state index in [9.17, 15) is 22.8 Å². The molecule has 1 unspecified atom stereocenters. The molecule has 4 fully saturated rings.